The first-order valence-electron chi connectivity index (χ1n) is 8.87. The van der Waals surface area contributed by atoms with Crippen molar-refractivity contribution in [3.63, 3.8) is 0 Å². The van der Waals surface area contributed by atoms with Crippen molar-refractivity contribution in [1.29, 1.82) is 0 Å². The van der Waals surface area contributed by atoms with Crippen LogP contribution < -0.4 is 9.47 Å². The third kappa shape index (κ3) is 4.00. The third-order valence-electron chi connectivity index (χ3n) is 4.49. The monoisotopic (exact) mass is 367 g/mol. The van der Waals surface area contributed by atoms with Gasteiger partial charge in [-0.3, -0.25) is 19.3 Å². The molecule has 6 nitrogen and oxygen atoms in total. The van der Waals surface area contributed by atoms with Gasteiger partial charge in [0.15, 0.2) is 11.5 Å². The molecule has 0 fully saturated rings. The van der Waals surface area contributed by atoms with Gasteiger partial charge in [0.2, 0.25) is 0 Å². The summed E-state index contributed by atoms with van der Waals surface area (Å²) in [6.07, 6.45) is 3.04. The summed E-state index contributed by atoms with van der Waals surface area (Å²) in [5.41, 5.74) is 1.48. The van der Waals surface area contributed by atoms with E-state index in [4.69, 9.17) is 9.47 Å². The first kappa shape index (κ1) is 18.6. The van der Waals surface area contributed by atoms with Crippen LogP contribution >= 0.6 is 0 Å². The van der Waals surface area contributed by atoms with E-state index in [2.05, 4.69) is 0 Å². The van der Waals surface area contributed by atoms with Gasteiger partial charge < -0.3 is 9.47 Å². The minimum atomic E-state index is -0.220. The summed E-state index contributed by atoms with van der Waals surface area (Å²) < 4.78 is 10.9. The average Bonchev–Trinajstić information content (AvgIpc) is 2.95. The van der Waals surface area contributed by atoms with Gasteiger partial charge in [-0.25, -0.2) is 0 Å². The highest BCUT2D eigenvalue weighted by Crippen LogP contribution is 2.28. The minimum Gasteiger partial charge on any atom is -0.493 e. The Morgan fingerprint density at radius 3 is 2.26 bits per heavy atom. The van der Waals surface area contributed by atoms with Crippen LogP contribution in [0.15, 0.2) is 42.5 Å². The Bertz CT molecular complexity index is 826. The molecule has 27 heavy (non-hydrogen) atoms. The van der Waals surface area contributed by atoms with Gasteiger partial charge in [0.25, 0.3) is 11.8 Å². The number of methoxy groups -OCH3 is 1. The zero-order chi connectivity index (χ0) is 19.2. The molecule has 2 aromatic rings. The predicted octanol–water partition coefficient (Wildman–Crippen LogP) is 3.35. The number of aldehydes is 1. The van der Waals surface area contributed by atoms with E-state index in [1.165, 1.54) is 4.90 Å². The van der Waals surface area contributed by atoms with Crippen molar-refractivity contribution in [2.24, 2.45) is 0 Å². The lowest BCUT2D eigenvalue weighted by Crippen LogP contribution is -2.30. The number of carbonyl (C=O) groups excluding carboxylic acids is 3. The van der Waals surface area contributed by atoms with E-state index in [0.717, 1.165) is 19.1 Å². The molecule has 1 aliphatic heterocycles. The molecule has 0 unspecified atom stereocenters. The number of rotatable bonds is 9. The molecule has 0 aromatic heterocycles. The molecule has 0 radical (unpaired) electrons. The van der Waals surface area contributed by atoms with E-state index in [-0.39, 0.29) is 11.8 Å². The number of hydrogen-bond donors (Lipinski definition) is 0. The van der Waals surface area contributed by atoms with E-state index in [1.807, 2.05) is 0 Å². The maximum atomic E-state index is 12.3. The van der Waals surface area contributed by atoms with Crippen molar-refractivity contribution < 1.29 is 23.9 Å². The fourth-order valence-corrected chi connectivity index (χ4v) is 3.05. The lowest BCUT2D eigenvalue weighted by Gasteiger charge is -2.14. The summed E-state index contributed by atoms with van der Waals surface area (Å²) in [7, 11) is 1.55. The van der Waals surface area contributed by atoms with E-state index in [9.17, 15) is 14.4 Å². The second-order valence-electron chi connectivity index (χ2n) is 6.24. The number of ether oxygens (including phenoxy) is 2. The van der Waals surface area contributed by atoms with Gasteiger partial charge in [0, 0.05) is 12.1 Å². The summed E-state index contributed by atoms with van der Waals surface area (Å²) in [6.45, 7) is 0.858. The Kier molecular flexibility index (Phi) is 5.86. The number of hydrogen-bond acceptors (Lipinski definition) is 5. The van der Waals surface area contributed by atoms with Gasteiger partial charge in [-0.2, -0.15) is 0 Å². The van der Waals surface area contributed by atoms with Crippen LogP contribution in [0.1, 0.15) is 50.3 Å². The molecule has 0 saturated carbocycles. The van der Waals surface area contributed by atoms with Gasteiger partial charge in [-0.15, -0.1) is 0 Å². The quantitative estimate of drug-likeness (QED) is 0.386. The molecule has 1 aliphatic rings. The van der Waals surface area contributed by atoms with Crippen LogP contribution in [0.25, 0.3) is 0 Å². The van der Waals surface area contributed by atoms with Gasteiger partial charge in [-0.05, 0) is 49.6 Å². The zero-order valence-electron chi connectivity index (χ0n) is 15.1. The van der Waals surface area contributed by atoms with Crippen LogP contribution in [-0.4, -0.2) is 43.3 Å². The van der Waals surface area contributed by atoms with E-state index in [0.29, 0.717) is 47.8 Å². The van der Waals surface area contributed by atoms with Crippen LogP contribution in [0.5, 0.6) is 11.5 Å². The first-order chi connectivity index (χ1) is 13.2. The summed E-state index contributed by atoms with van der Waals surface area (Å²) in [5, 5.41) is 0. The highest BCUT2D eigenvalue weighted by Gasteiger charge is 2.34. The molecule has 2 amide bonds. The summed E-state index contributed by atoms with van der Waals surface area (Å²) in [5.74, 6) is 0.665. The van der Waals surface area contributed by atoms with Gasteiger partial charge in [0.1, 0.15) is 6.29 Å². The largest absolute Gasteiger partial charge is 0.493 e. The van der Waals surface area contributed by atoms with Crippen molar-refractivity contribution in [2.75, 3.05) is 20.3 Å². The molecule has 6 heteroatoms. The number of nitrogens with zero attached hydrogens (tertiary/aromatic N) is 1. The van der Waals surface area contributed by atoms with Gasteiger partial charge in [0.05, 0.1) is 24.8 Å². The Labute approximate surface area is 157 Å². The molecule has 0 N–H and O–H groups in total. The van der Waals surface area contributed by atoms with Crippen LogP contribution in [0.4, 0.5) is 0 Å². The average molecular weight is 367 g/mol. The lowest BCUT2D eigenvalue weighted by molar-refractivity contribution is 0.0651. The molecule has 1 heterocycles. The summed E-state index contributed by atoms with van der Waals surface area (Å²) >= 11 is 0. The second-order valence-corrected chi connectivity index (χ2v) is 6.24. The normalized spacial score (nSPS) is 12.9. The first-order valence-corrected chi connectivity index (χ1v) is 8.87. The SMILES string of the molecule is COc1ccc(C=O)cc1OCCCCCN1C(=O)c2ccccc2C1=O. The van der Waals surface area contributed by atoms with Gasteiger partial charge >= 0.3 is 0 Å². The smallest absolute Gasteiger partial charge is 0.261 e. The fraction of sp³-hybridized carbons (Fsp3) is 0.286. The zero-order valence-corrected chi connectivity index (χ0v) is 15.1. The molecule has 0 aliphatic carbocycles. The molecule has 0 bridgehead atoms. The van der Waals surface area contributed by atoms with Crippen molar-refractivity contribution in [2.45, 2.75) is 19.3 Å². The Morgan fingerprint density at radius 2 is 1.63 bits per heavy atom. The lowest BCUT2D eigenvalue weighted by atomic mass is 10.1. The Hall–Kier alpha value is -3.15. The van der Waals surface area contributed by atoms with E-state index < -0.39 is 0 Å². The maximum Gasteiger partial charge on any atom is 0.261 e. The Morgan fingerprint density at radius 1 is 0.926 bits per heavy atom. The van der Waals surface area contributed by atoms with Crippen molar-refractivity contribution in [3.05, 3.63) is 59.2 Å². The predicted molar refractivity (Wildman–Crippen MR) is 99.5 cm³/mol. The van der Waals surface area contributed by atoms with Crippen LogP contribution in [0.3, 0.4) is 0 Å². The molecule has 0 saturated heterocycles. The maximum absolute atomic E-state index is 12.3. The van der Waals surface area contributed by atoms with Crippen molar-refractivity contribution in [3.8, 4) is 11.5 Å². The third-order valence-corrected chi connectivity index (χ3v) is 4.49. The Balaban J connectivity index is 1.44. The highest BCUT2D eigenvalue weighted by atomic mass is 16.5. The van der Waals surface area contributed by atoms with Gasteiger partial charge in [-0.1, -0.05) is 12.1 Å². The summed E-state index contributed by atoms with van der Waals surface area (Å²) in [4.78, 5) is 36.7. The highest BCUT2D eigenvalue weighted by molar-refractivity contribution is 6.21. The molecule has 140 valence electrons. The fourth-order valence-electron chi connectivity index (χ4n) is 3.05. The van der Waals surface area contributed by atoms with Crippen molar-refractivity contribution in [1.82, 2.24) is 4.90 Å². The molecule has 2 aromatic carbocycles. The standard InChI is InChI=1S/C21H21NO5/c1-26-18-10-9-15(14-23)13-19(18)27-12-6-2-5-11-22-20(24)16-7-3-4-8-17(16)21(22)25/h3-4,7-10,13-14H,2,5-6,11-12H2,1H3. The van der Waals surface area contributed by atoms with Crippen LogP contribution in [0, 0.1) is 0 Å². The van der Waals surface area contributed by atoms with E-state index >= 15 is 0 Å². The minimum absolute atomic E-state index is 0.220. The molecular formula is C21H21NO5. The van der Waals surface area contributed by atoms with Crippen LogP contribution in [-0.2, 0) is 0 Å². The summed E-state index contributed by atoms with van der Waals surface area (Å²) in [6, 6.07) is 11.9. The topological polar surface area (TPSA) is 72.9 Å². The number of carbonyl (C=O) groups is 3. The van der Waals surface area contributed by atoms with Crippen LogP contribution in [0.2, 0.25) is 0 Å². The van der Waals surface area contributed by atoms with Crippen molar-refractivity contribution >= 4 is 18.1 Å². The number of imide groups is 1. The number of unbranched alkanes of at least 4 members (excludes halogenated alkanes) is 2. The molecule has 0 spiro atoms. The number of fused-ring (bicyclic) bond motifs is 1. The van der Waals surface area contributed by atoms with E-state index in [1.54, 1.807) is 49.6 Å². The number of benzene rings is 2. The molecule has 3 rings (SSSR count). The molecular weight excluding hydrogens is 346 g/mol. The second kappa shape index (κ2) is 8.49. The molecule has 0 atom stereocenters. The number of amides is 2.